The molecule has 0 amide bonds. The van der Waals surface area contributed by atoms with Crippen LogP contribution in [0, 0.1) is 5.92 Å². The van der Waals surface area contributed by atoms with Crippen LogP contribution in [0.4, 0.5) is 0 Å². The van der Waals surface area contributed by atoms with Crippen molar-refractivity contribution >= 4 is 5.78 Å². The van der Waals surface area contributed by atoms with Gasteiger partial charge in [-0.25, -0.2) is 0 Å². The van der Waals surface area contributed by atoms with Gasteiger partial charge in [0.05, 0.1) is 0 Å². The molecule has 1 atom stereocenters. The lowest BCUT2D eigenvalue weighted by atomic mass is 10.0. The van der Waals surface area contributed by atoms with Gasteiger partial charge < -0.3 is 10.1 Å². The van der Waals surface area contributed by atoms with E-state index in [0.29, 0.717) is 0 Å². The molecule has 1 heterocycles. The molecule has 0 aromatic carbocycles. The van der Waals surface area contributed by atoms with E-state index < -0.39 is 0 Å². The molecule has 1 aliphatic heterocycles. The summed E-state index contributed by atoms with van der Waals surface area (Å²) in [5, 5.41) is 3.36. The van der Waals surface area contributed by atoms with Gasteiger partial charge in [-0.2, -0.15) is 0 Å². The Kier molecular flexibility index (Phi) is 6.60. The van der Waals surface area contributed by atoms with Crippen LogP contribution in [-0.2, 0) is 9.53 Å². The van der Waals surface area contributed by atoms with Gasteiger partial charge in [-0.3, -0.25) is 4.79 Å². The lowest BCUT2D eigenvalue weighted by Gasteiger charge is -2.16. The van der Waals surface area contributed by atoms with Gasteiger partial charge >= 0.3 is 0 Å². The first-order chi connectivity index (χ1) is 7.30. The van der Waals surface area contributed by atoms with Gasteiger partial charge in [0, 0.05) is 25.7 Å². The second kappa shape index (κ2) is 7.83. The monoisotopic (exact) mass is 213 g/mol. The lowest BCUT2D eigenvalue weighted by molar-refractivity contribution is -0.121. The van der Waals surface area contributed by atoms with E-state index in [1.807, 2.05) is 0 Å². The van der Waals surface area contributed by atoms with Gasteiger partial charge in [-0.1, -0.05) is 12.8 Å². The number of nitrogens with one attached hydrogen (secondary N) is 1. The Hall–Kier alpha value is -0.410. The zero-order valence-corrected chi connectivity index (χ0v) is 9.76. The number of ketones is 1. The van der Waals surface area contributed by atoms with E-state index in [-0.39, 0.29) is 11.7 Å². The van der Waals surface area contributed by atoms with Crippen molar-refractivity contribution in [3.05, 3.63) is 0 Å². The van der Waals surface area contributed by atoms with Crippen molar-refractivity contribution in [2.24, 2.45) is 5.92 Å². The molecule has 0 aliphatic carbocycles. The number of ether oxygens (including phenoxy) is 1. The van der Waals surface area contributed by atoms with E-state index in [9.17, 15) is 4.79 Å². The maximum absolute atomic E-state index is 11.3. The highest BCUT2D eigenvalue weighted by Crippen LogP contribution is 2.06. The molecule has 15 heavy (non-hydrogen) atoms. The standard InChI is InChI=1S/C12H23NO2/c1-11(14)12-6-9-15-8-5-3-2-4-7-13-10-12/h12-13H,2-10H2,1H3. The minimum atomic E-state index is 0.143. The van der Waals surface area contributed by atoms with E-state index >= 15 is 0 Å². The van der Waals surface area contributed by atoms with Crippen LogP contribution in [0.15, 0.2) is 0 Å². The average molecular weight is 213 g/mol. The topological polar surface area (TPSA) is 38.3 Å². The fraction of sp³-hybridized carbons (Fsp3) is 0.917. The SMILES string of the molecule is CC(=O)C1CCOCCCCCCNC1. The maximum atomic E-state index is 11.3. The highest BCUT2D eigenvalue weighted by atomic mass is 16.5. The molecule has 0 bridgehead atoms. The largest absolute Gasteiger partial charge is 0.381 e. The van der Waals surface area contributed by atoms with Gasteiger partial charge in [0.2, 0.25) is 0 Å². The van der Waals surface area contributed by atoms with Gasteiger partial charge in [0.25, 0.3) is 0 Å². The first-order valence-electron chi connectivity index (χ1n) is 6.09. The number of Topliss-reactive ketones (excluding diaryl/α,β-unsaturated/α-hetero) is 1. The third-order valence-corrected chi connectivity index (χ3v) is 2.97. The molecule has 1 unspecified atom stereocenters. The smallest absolute Gasteiger partial charge is 0.134 e. The van der Waals surface area contributed by atoms with Crippen LogP contribution < -0.4 is 5.32 Å². The minimum absolute atomic E-state index is 0.143. The normalized spacial score (nSPS) is 26.3. The van der Waals surface area contributed by atoms with Gasteiger partial charge in [0.15, 0.2) is 0 Å². The first-order valence-corrected chi connectivity index (χ1v) is 6.09. The van der Waals surface area contributed by atoms with Crippen molar-refractivity contribution in [1.82, 2.24) is 5.32 Å². The predicted octanol–water partition coefficient (Wildman–Crippen LogP) is 1.76. The highest BCUT2D eigenvalue weighted by molar-refractivity contribution is 5.78. The Balaban J connectivity index is 2.28. The number of hydrogen-bond acceptors (Lipinski definition) is 3. The van der Waals surface area contributed by atoms with Crippen LogP contribution in [0.2, 0.25) is 0 Å². The predicted molar refractivity (Wildman–Crippen MR) is 60.9 cm³/mol. The summed E-state index contributed by atoms with van der Waals surface area (Å²) >= 11 is 0. The molecular weight excluding hydrogens is 190 g/mol. The fourth-order valence-corrected chi connectivity index (χ4v) is 1.86. The lowest BCUT2D eigenvalue weighted by Crippen LogP contribution is -2.29. The Bertz CT molecular complexity index is 170. The molecule has 0 radical (unpaired) electrons. The van der Waals surface area contributed by atoms with E-state index in [2.05, 4.69) is 5.32 Å². The zero-order valence-electron chi connectivity index (χ0n) is 9.76. The second-order valence-electron chi connectivity index (χ2n) is 4.33. The summed E-state index contributed by atoms with van der Waals surface area (Å²) in [6, 6.07) is 0. The van der Waals surface area contributed by atoms with Crippen molar-refractivity contribution < 1.29 is 9.53 Å². The number of rotatable bonds is 1. The second-order valence-corrected chi connectivity index (χ2v) is 4.33. The highest BCUT2D eigenvalue weighted by Gasteiger charge is 2.13. The summed E-state index contributed by atoms with van der Waals surface area (Å²) in [4.78, 5) is 11.3. The Morgan fingerprint density at radius 2 is 2.00 bits per heavy atom. The third kappa shape index (κ3) is 5.90. The van der Waals surface area contributed by atoms with Crippen LogP contribution in [0.1, 0.15) is 39.0 Å². The van der Waals surface area contributed by atoms with Crippen molar-refractivity contribution in [1.29, 1.82) is 0 Å². The van der Waals surface area contributed by atoms with Gasteiger partial charge in [-0.15, -0.1) is 0 Å². The molecule has 1 N–H and O–H groups in total. The van der Waals surface area contributed by atoms with Gasteiger partial charge in [0.1, 0.15) is 5.78 Å². The van der Waals surface area contributed by atoms with Crippen LogP contribution >= 0.6 is 0 Å². The van der Waals surface area contributed by atoms with Crippen LogP contribution in [0.3, 0.4) is 0 Å². The molecule has 1 saturated heterocycles. The quantitative estimate of drug-likeness (QED) is 0.721. The maximum Gasteiger partial charge on any atom is 0.134 e. The summed E-state index contributed by atoms with van der Waals surface area (Å²) < 4.78 is 5.51. The average Bonchev–Trinajstić information content (AvgIpc) is 2.18. The van der Waals surface area contributed by atoms with E-state index in [0.717, 1.165) is 39.1 Å². The molecule has 0 aromatic rings. The van der Waals surface area contributed by atoms with E-state index in [1.54, 1.807) is 6.92 Å². The van der Waals surface area contributed by atoms with Crippen molar-refractivity contribution in [3.8, 4) is 0 Å². The van der Waals surface area contributed by atoms with Crippen molar-refractivity contribution in [2.45, 2.75) is 39.0 Å². The van der Waals surface area contributed by atoms with E-state index in [4.69, 9.17) is 4.74 Å². The van der Waals surface area contributed by atoms with Gasteiger partial charge in [-0.05, 0) is 32.7 Å². The van der Waals surface area contributed by atoms with Crippen molar-refractivity contribution in [2.75, 3.05) is 26.3 Å². The minimum Gasteiger partial charge on any atom is -0.381 e. The number of carbonyl (C=O) groups excluding carboxylic acids is 1. The Labute approximate surface area is 92.6 Å². The van der Waals surface area contributed by atoms with Crippen LogP contribution in [0.5, 0.6) is 0 Å². The number of hydrogen-bond donors (Lipinski definition) is 1. The summed E-state index contributed by atoms with van der Waals surface area (Å²) in [7, 11) is 0. The molecule has 3 heteroatoms. The first kappa shape index (κ1) is 12.7. The van der Waals surface area contributed by atoms with Crippen molar-refractivity contribution in [3.63, 3.8) is 0 Å². The molecule has 88 valence electrons. The third-order valence-electron chi connectivity index (χ3n) is 2.97. The summed E-state index contributed by atoms with van der Waals surface area (Å²) in [5.41, 5.74) is 0. The molecule has 0 aromatic heterocycles. The van der Waals surface area contributed by atoms with Crippen LogP contribution in [-0.4, -0.2) is 32.1 Å². The molecule has 0 saturated carbocycles. The molecule has 1 aliphatic rings. The Morgan fingerprint density at radius 3 is 2.80 bits per heavy atom. The zero-order chi connectivity index (χ0) is 10.9. The summed E-state index contributed by atoms with van der Waals surface area (Å²) in [6.07, 6.45) is 5.76. The number of carbonyl (C=O) groups is 1. The molecular formula is C12H23NO2. The fourth-order valence-electron chi connectivity index (χ4n) is 1.86. The Morgan fingerprint density at radius 1 is 1.20 bits per heavy atom. The molecule has 1 fully saturated rings. The molecule has 0 spiro atoms. The molecule has 1 rings (SSSR count). The van der Waals surface area contributed by atoms with Crippen LogP contribution in [0.25, 0.3) is 0 Å². The summed E-state index contributed by atoms with van der Waals surface area (Å²) in [6.45, 7) is 5.13. The van der Waals surface area contributed by atoms with E-state index in [1.165, 1.54) is 19.3 Å². The molecule has 3 nitrogen and oxygen atoms in total. The summed E-state index contributed by atoms with van der Waals surface area (Å²) in [5.74, 6) is 0.424.